The Kier molecular flexibility index (Phi) is 7.65. The van der Waals surface area contributed by atoms with Crippen molar-refractivity contribution in [2.24, 2.45) is 0 Å². The highest BCUT2D eigenvalue weighted by molar-refractivity contribution is 5.83. The van der Waals surface area contributed by atoms with Gasteiger partial charge in [0.05, 0.1) is 7.11 Å². The third-order valence-corrected chi connectivity index (χ3v) is 3.68. The predicted octanol–water partition coefficient (Wildman–Crippen LogP) is 2.98. The maximum absolute atomic E-state index is 13.7. The molecule has 0 spiro atoms. The van der Waals surface area contributed by atoms with Gasteiger partial charge in [0.1, 0.15) is 0 Å². The molecule has 0 aliphatic carbocycles. The zero-order chi connectivity index (χ0) is 19.8. The number of halogens is 3. The normalized spacial score (nSPS) is 14.6. The number of terminal acetylenes is 1. The van der Waals surface area contributed by atoms with Crippen LogP contribution in [0.4, 0.5) is 13.2 Å². The van der Waals surface area contributed by atoms with Gasteiger partial charge in [0, 0.05) is 19.1 Å². The maximum atomic E-state index is 13.7. The van der Waals surface area contributed by atoms with E-state index in [9.17, 15) is 22.8 Å². The van der Waals surface area contributed by atoms with Crippen LogP contribution in [0.5, 0.6) is 0 Å². The van der Waals surface area contributed by atoms with Crippen molar-refractivity contribution in [2.45, 2.75) is 37.1 Å². The fourth-order valence-corrected chi connectivity index (χ4v) is 2.31. The minimum absolute atomic E-state index is 0.000390. The average Bonchev–Trinajstić information content (AvgIpc) is 2.61. The van der Waals surface area contributed by atoms with Crippen LogP contribution in [0.1, 0.15) is 24.8 Å². The third kappa shape index (κ3) is 4.76. The summed E-state index contributed by atoms with van der Waals surface area (Å²) in [7, 11) is 1.97. The van der Waals surface area contributed by atoms with Gasteiger partial charge in [-0.3, -0.25) is 4.79 Å². The number of carbonyl (C=O) groups is 2. The second-order valence-corrected chi connectivity index (χ2v) is 5.28. The molecule has 0 bridgehead atoms. The van der Waals surface area contributed by atoms with Gasteiger partial charge in [0.2, 0.25) is 0 Å². The molecule has 5 nitrogen and oxygen atoms in total. The van der Waals surface area contributed by atoms with E-state index in [-0.39, 0.29) is 19.3 Å². The summed E-state index contributed by atoms with van der Waals surface area (Å²) in [4.78, 5) is 23.5. The molecular formula is C18H19F3O5. The van der Waals surface area contributed by atoms with Gasteiger partial charge in [-0.2, -0.15) is 13.2 Å². The highest BCUT2D eigenvalue weighted by Gasteiger charge is 2.64. The van der Waals surface area contributed by atoms with Crippen LogP contribution in [0, 0.1) is 12.3 Å². The van der Waals surface area contributed by atoms with E-state index in [1.165, 1.54) is 25.3 Å². The summed E-state index contributed by atoms with van der Waals surface area (Å²) in [5.41, 5.74) is -3.73. The van der Waals surface area contributed by atoms with Crippen LogP contribution in [-0.2, 0) is 29.4 Å². The fraction of sp³-hybridized carbons (Fsp3) is 0.444. The van der Waals surface area contributed by atoms with E-state index in [0.29, 0.717) is 0 Å². The van der Waals surface area contributed by atoms with Crippen molar-refractivity contribution >= 4 is 11.9 Å². The van der Waals surface area contributed by atoms with E-state index in [1.54, 1.807) is 0 Å². The molecule has 142 valence electrons. The first-order valence-electron chi connectivity index (χ1n) is 7.64. The van der Waals surface area contributed by atoms with E-state index in [0.717, 1.165) is 19.2 Å². The maximum Gasteiger partial charge on any atom is 0.432 e. The standard InChI is InChI=1S/C18H19F3O5/c1-4-14(11-8-12-15(22)24-2)26-16(23)17(25-3,18(19,20)21)13-9-6-5-7-10-13/h1,5-7,9-10,14H,8,11-12H2,2-3H3/t14?,17-/m1/s1. The Hall–Kier alpha value is -2.53. The van der Waals surface area contributed by atoms with Crippen LogP contribution in [0.2, 0.25) is 0 Å². The van der Waals surface area contributed by atoms with Crippen LogP contribution in [0.15, 0.2) is 30.3 Å². The van der Waals surface area contributed by atoms with Crippen molar-refractivity contribution in [2.75, 3.05) is 14.2 Å². The highest BCUT2D eigenvalue weighted by Crippen LogP contribution is 2.43. The van der Waals surface area contributed by atoms with Gasteiger partial charge in [-0.05, 0) is 12.8 Å². The molecule has 1 unspecified atom stereocenters. The topological polar surface area (TPSA) is 61.8 Å². The van der Waals surface area contributed by atoms with Crippen LogP contribution >= 0.6 is 0 Å². The molecule has 0 fully saturated rings. The number of esters is 2. The van der Waals surface area contributed by atoms with E-state index in [4.69, 9.17) is 11.2 Å². The Labute approximate surface area is 149 Å². The second kappa shape index (κ2) is 9.25. The Morgan fingerprint density at radius 1 is 1.19 bits per heavy atom. The number of hydrogen-bond donors (Lipinski definition) is 0. The van der Waals surface area contributed by atoms with Crippen LogP contribution < -0.4 is 0 Å². The molecule has 1 rings (SSSR count). The van der Waals surface area contributed by atoms with Gasteiger partial charge in [-0.1, -0.05) is 36.3 Å². The first kappa shape index (κ1) is 21.5. The highest BCUT2D eigenvalue weighted by atomic mass is 19.4. The number of rotatable bonds is 8. The Morgan fingerprint density at radius 3 is 2.27 bits per heavy atom. The van der Waals surface area contributed by atoms with Crippen molar-refractivity contribution in [3.8, 4) is 12.3 Å². The molecule has 1 aromatic carbocycles. The van der Waals surface area contributed by atoms with Crippen molar-refractivity contribution in [1.82, 2.24) is 0 Å². The van der Waals surface area contributed by atoms with Gasteiger partial charge in [-0.25, -0.2) is 4.79 Å². The van der Waals surface area contributed by atoms with Gasteiger partial charge >= 0.3 is 18.1 Å². The molecule has 0 radical (unpaired) electrons. The summed E-state index contributed by atoms with van der Waals surface area (Å²) in [5, 5.41) is 0. The van der Waals surface area contributed by atoms with Gasteiger partial charge in [0.25, 0.3) is 5.60 Å². The molecule has 26 heavy (non-hydrogen) atoms. The molecule has 0 aliphatic rings. The molecule has 0 saturated heterocycles. The molecule has 0 aliphatic heterocycles. The fourth-order valence-electron chi connectivity index (χ4n) is 2.31. The first-order valence-corrected chi connectivity index (χ1v) is 7.64. The zero-order valence-electron chi connectivity index (χ0n) is 14.3. The minimum atomic E-state index is -5.08. The SMILES string of the molecule is C#CC(CCCC(=O)OC)OC(=O)[C@](OC)(c1ccccc1)C(F)(F)F. The molecule has 0 heterocycles. The van der Waals surface area contributed by atoms with Crippen LogP contribution in [0.3, 0.4) is 0 Å². The number of hydrogen-bond acceptors (Lipinski definition) is 5. The first-order chi connectivity index (χ1) is 12.2. The number of methoxy groups -OCH3 is 2. The van der Waals surface area contributed by atoms with Crippen molar-refractivity contribution in [3.63, 3.8) is 0 Å². The summed E-state index contributed by atoms with van der Waals surface area (Å²) < 4.78 is 55.1. The van der Waals surface area contributed by atoms with Crippen molar-refractivity contribution in [1.29, 1.82) is 0 Å². The van der Waals surface area contributed by atoms with Crippen molar-refractivity contribution < 1.29 is 37.0 Å². The summed E-state index contributed by atoms with van der Waals surface area (Å²) in [6, 6.07) is 6.41. The quantitative estimate of drug-likeness (QED) is 0.519. The summed E-state index contributed by atoms with van der Waals surface area (Å²) in [5.74, 6) is -0.0631. The molecular weight excluding hydrogens is 353 g/mol. The number of carbonyl (C=O) groups excluding carboxylic acids is 2. The van der Waals surface area contributed by atoms with Crippen LogP contribution in [-0.4, -0.2) is 38.4 Å². The van der Waals surface area contributed by atoms with E-state index >= 15 is 0 Å². The monoisotopic (exact) mass is 372 g/mol. The summed E-state index contributed by atoms with van der Waals surface area (Å²) >= 11 is 0. The Balaban J connectivity index is 3.03. The lowest BCUT2D eigenvalue weighted by atomic mass is 9.92. The van der Waals surface area contributed by atoms with E-state index < -0.39 is 35.4 Å². The largest absolute Gasteiger partial charge is 0.469 e. The lowest BCUT2D eigenvalue weighted by Gasteiger charge is -2.33. The lowest BCUT2D eigenvalue weighted by Crippen LogP contribution is -2.52. The number of ether oxygens (including phenoxy) is 3. The molecule has 1 aromatic rings. The van der Waals surface area contributed by atoms with Crippen molar-refractivity contribution in [3.05, 3.63) is 35.9 Å². The van der Waals surface area contributed by atoms with E-state index in [1.807, 2.05) is 0 Å². The number of alkyl halides is 3. The molecule has 8 heteroatoms. The van der Waals surface area contributed by atoms with Gasteiger partial charge in [-0.15, -0.1) is 6.42 Å². The predicted molar refractivity (Wildman–Crippen MR) is 85.8 cm³/mol. The van der Waals surface area contributed by atoms with Crippen LogP contribution in [0.25, 0.3) is 0 Å². The Morgan fingerprint density at radius 2 is 1.81 bits per heavy atom. The zero-order valence-corrected chi connectivity index (χ0v) is 14.3. The third-order valence-electron chi connectivity index (χ3n) is 3.68. The van der Waals surface area contributed by atoms with E-state index in [2.05, 4.69) is 15.4 Å². The van der Waals surface area contributed by atoms with Gasteiger partial charge in [0.15, 0.2) is 6.10 Å². The average molecular weight is 372 g/mol. The molecule has 0 saturated carbocycles. The molecule has 2 atom stereocenters. The second-order valence-electron chi connectivity index (χ2n) is 5.28. The molecule has 0 amide bonds. The summed E-state index contributed by atoms with van der Waals surface area (Å²) in [6.45, 7) is 0. The smallest absolute Gasteiger partial charge is 0.432 e. The molecule has 0 N–H and O–H groups in total. The minimum Gasteiger partial charge on any atom is -0.469 e. The number of benzene rings is 1. The Bertz CT molecular complexity index is 651. The molecule has 0 aromatic heterocycles. The lowest BCUT2D eigenvalue weighted by molar-refractivity contribution is -0.277. The summed E-state index contributed by atoms with van der Waals surface area (Å²) in [6.07, 6.45) is -0.893. The van der Waals surface area contributed by atoms with Gasteiger partial charge < -0.3 is 14.2 Å².